The average Bonchev–Trinajstić information content (AvgIpc) is 3.21. The molecule has 186 valence electrons. The lowest BCUT2D eigenvalue weighted by Crippen LogP contribution is -2.31. The van der Waals surface area contributed by atoms with E-state index in [1.54, 1.807) is 61.5 Å². The molecule has 1 fully saturated rings. The van der Waals surface area contributed by atoms with Crippen LogP contribution in [0.25, 0.3) is 0 Å². The van der Waals surface area contributed by atoms with Crippen molar-refractivity contribution in [2.45, 2.75) is 25.5 Å². The Morgan fingerprint density at radius 1 is 1.03 bits per heavy atom. The van der Waals surface area contributed by atoms with E-state index in [-0.39, 0.29) is 18.1 Å². The summed E-state index contributed by atoms with van der Waals surface area (Å²) in [5.74, 6) is -1.20. The van der Waals surface area contributed by atoms with Crippen LogP contribution in [0.2, 0.25) is 0 Å². The predicted molar refractivity (Wildman–Crippen MR) is 144 cm³/mol. The van der Waals surface area contributed by atoms with Crippen molar-refractivity contribution in [3.05, 3.63) is 106 Å². The van der Waals surface area contributed by atoms with Gasteiger partial charge >= 0.3 is 5.97 Å². The van der Waals surface area contributed by atoms with Crippen LogP contribution in [0.15, 0.2) is 89.5 Å². The standard InChI is InChI=1S/C29H25N3O4S/c1-3-36-29(35)21-15-13-20(14-16-21)17-25-27(34)32(24-12-8-7-9-19(24)2)28(37-25)23(18-30)26(33)31-22-10-5-4-6-11-22/h4-16,25H,3,17H2,1-2H3,(H,31,33)/b28-23-. The molecule has 0 aliphatic carbocycles. The van der Waals surface area contributed by atoms with Crippen molar-refractivity contribution < 1.29 is 19.1 Å². The van der Waals surface area contributed by atoms with E-state index in [2.05, 4.69) is 5.32 Å². The summed E-state index contributed by atoms with van der Waals surface area (Å²) in [4.78, 5) is 40.3. The van der Waals surface area contributed by atoms with E-state index < -0.39 is 17.1 Å². The highest BCUT2D eigenvalue weighted by atomic mass is 32.2. The van der Waals surface area contributed by atoms with Crippen molar-refractivity contribution in [1.29, 1.82) is 5.26 Å². The summed E-state index contributed by atoms with van der Waals surface area (Å²) >= 11 is 1.20. The van der Waals surface area contributed by atoms with Crippen molar-refractivity contribution in [1.82, 2.24) is 0 Å². The van der Waals surface area contributed by atoms with Gasteiger partial charge in [-0.3, -0.25) is 14.5 Å². The van der Waals surface area contributed by atoms with Crippen LogP contribution in [-0.4, -0.2) is 29.6 Å². The Bertz CT molecular complexity index is 1390. The van der Waals surface area contributed by atoms with Crippen LogP contribution < -0.4 is 10.2 Å². The lowest BCUT2D eigenvalue weighted by atomic mass is 10.1. The number of thioether (sulfide) groups is 1. The van der Waals surface area contributed by atoms with Crippen molar-refractivity contribution in [3.8, 4) is 6.07 Å². The number of nitrogens with zero attached hydrogens (tertiary/aromatic N) is 2. The molecule has 1 atom stereocenters. The molecule has 8 heteroatoms. The van der Waals surface area contributed by atoms with Gasteiger partial charge in [-0.25, -0.2) is 4.79 Å². The van der Waals surface area contributed by atoms with Gasteiger partial charge in [-0.15, -0.1) is 0 Å². The fourth-order valence-corrected chi connectivity index (χ4v) is 5.24. The van der Waals surface area contributed by atoms with Crippen LogP contribution >= 0.6 is 11.8 Å². The molecule has 37 heavy (non-hydrogen) atoms. The van der Waals surface area contributed by atoms with Gasteiger partial charge in [-0.2, -0.15) is 5.26 Å². The number of hydrogen-bond acceptors (Lipinski definition) is 6. The van der Waals surface area contributed by atoms with Gasteiger partial charge in [0.05, 0.1) is 23.1 Å². The lowest BCUT2D eigenvalue weighted by Gasteiger charge is -2.20. The highest BCUT2D eigenvalue weighted by molar-refractivity contribution is 8.05. The molecule has 3 aromatic carbocycles. The van der Waals surface area contributed by atoms with E-state index in [4.69, 9.17) is 4.74 Å². The number of anilines is 2. The number of nitrogens with one attached hydrogen (secondary N) is 1. The molecule has 4 rings (SSSR count). The minimum Gasteiger partial charge on any atom is -0.462 e. The maximum absolute atomic E-state index is 13.7. The molecular weight excluding hydrogens is 486 g/mol. The number of nitriles is 1. The van der Waals surface area contributed by atoms with E-state index in [9.17, 15) is 19.6 Å². The molecule has 0 spiro atoms. The van der Waals surface area contributed by atoms with Gasteiger partial charge in [0, 0.05) is 5.69 Å². The van der Waals surface area contributed by atoms with Gasteiger partial charge in [-0.05, 0) is 61.7 Å². The summed E-state index contributed by atoms with van der Waals surface area (Å²) in [5.41, 5.74) is 3.16. The summed E-state index contributed by atoms with van der Waals surface area (Å²) in [6, 6.07) is 25.1. The third-order valence-corrected chi connectivity index (χ3v) is 7.04. The Hall–Kier alpha value is -4.35. The highest BCUT2D eigenvalue weighted by Crippen LogP contribution is 2.43. The average molecular weight is 512 g/mol. The van der Waals surface area contributed by atoms with Gasteiger partial charge in [0.2, 0.25) is 5.91 Å². The highest BCUT2D eigenvalue weighted by Gasteiger charge is 2.41. The van der Waals surface area contributed by atoms with Crippen molar-refractivity contribution in [2.75, 3.05) is 16.8 Å². The Balaban J connectivity index is 1.67. The topological polar surface area (TPSA) is 99.5 Å². The summed E-state index contributed by atoms with van der Waals surface area (Å²) in [7, 11) is 0. The molecule has 1 saturated heterocycles. The van der Waals surface area contributed by atoms with Gasteiger partial charge in [-0.1, -0.05) is 60.3 Å². The normalized spacial score (nSPS) is 16.2. The Labute approximate surface area is 219 Å². The monoisotopic (exact) mass is 511 g/mol. The number of rotatable bonds is 7. The van der Waals surface area contributed by atoms with Crippen molar-refractivity contribution >= 4 is 40.9 Å². The first-order valence-electron chi connectivity index (χ1n) is 11.8. The number of carbonyl (C=O) groups is 3. The second kappa shape index (κ2) is 11.6. The molecule has 1 aliphatic rings. The number of aryl methyl sites for hydroxylation is 1. The number of amides is 2. The first-order valence-corrected chi connectivity index (χ1v) is 12.6. The Morgan fingerprint density at radius 3 is 2.35 bits per heavy atom. The fourth-order valence-electron chi connectivity index (χ4n) is 3.94. The Kier molecular flexibility index (Phi) is 8.06. The SMILES string of the molecule is CCOC(=O)c1ccc(CC2S/C(=C(/C#N)C(=O)Nc3ccccc3)N(c3ccccc3C)C2=O)cc1. The molecule has 1 aliphatic heterocycles. The van der Waals surface area contributed by atoms with E-state index >= 15 is 0 Å². The maximum Gasteiger partial charge on any atom is 0.338 e. The third-order valence-electron chi connectivity index (χ3n) is 5.78. The van der Waals surface area contributed by atoms with E-state index in [1.165, 1.54) is 16.7 Å². The lowest BCUT2D eigenvalue weighted by molar-refractivity contribution is -0.117. The molecule has 0 saturated carbocycles. The number of carbonyl (C=O) groups excluding carboxylic acids is 3. The van der Waals surface area contributed by atoms with E-state index in [0.29, 0.717) is 28.4 Å². The van der Waals surface area contributed by atoms with E-state index in [0.717, 1.165) is 11.1 Å². The maximum atomic E-state index is 13.7. The van der Waals surface area contributed by atoms with Crippen LogP contribution in [0, 0.1) is 18.3 Å². The number of ether oxygens (including phenoxy) is 1. The third kappa shape index (κ3) is 5.74. The van der Waals surface area contributed by atoms with Gasteiger partial charge in [0.1, 0.15) is 16.7 Å². The molecule has 0 bridgehead atoms. The number of benzene rings is 3. The molecular formula is C29H25N3O4S. The van der Waals surface area contributed by atoms with Gasteiger partial charge in [0.15, 0.2) is 0 Å². The predicted octanol–water partition coefficient (Wildman–Crippen LogP) is 5.24. The number of esters is 1. The quantitative estimate of drug-likeness (QED) is 0.265. The molecule has 1 heterocycles. The van der Waals surface area contributed by atoms with Crippen LogP contribution in [0.4, 0.5) is 11.4 Å². The summed E-state index contributed by atoms with van der Waals surface area (Å²) in [5, 5.41) is 12.5. The van der Waals surface area contributed by atoms with Crippen molar-refractivity contribution in [3.63, 3.8) is 0 Å². The van der Waals surface area contributed by atoms with Crippen molar-refractivity contribution in [2.24, 2.45) is 0 Å². The molecule has 1 N–H and O–H groups in total. The second-order valence-corrected chi connectivity index (χ2v) is 9.49. The first kappa shape index (κ1) is 25.7. The van der Waals surface area contributed by atoms with Gasteiger partial charge < -0.3 is 10.1 Å². The number of hydrogen-bond donors (Lipinski definition) is 1. The first-order chi connectivity index (χ1) is 17.9. The minimum absolute atomic E-state index is 0.134. The summed E-state index contributed by atoms with van der Waals surface area (Å²) in [6.07, 6.45) is 0.359. The zero-order valence-corrected chi connectivity index (χ0v) is 21.2. The number of para-hydroxylation sites is 2. The molecule has 1 unspecified atom stereocenters. The second-order valence-electron chi connectivity index (χ2n) is 8.30. The largest absolute Gasteiger partial charge is 0.462 e. The van der Waals surface area contributed by atoms with Crippen LogP contribution in [0.5, 0.6) is 0 Å². The van der Waals surface area contributed by atoms with E-state index in [1.807, 2.05) is 37.3 Å². The molecule has 7 nitrogen and oxygen atoms in total. The van der Waals surface area contributed by atoms with Crippen LogP contribution in [-0.2, 0) is 20.7 Å². The molecule has 0 aromatic heterocycles. The molecule has 2 amide bonds. The van der Waals surface area contributed by atoms with Crippen LogP contribution in [0.3, 0.4) is 0 Å². The molecule has 3 aromatic rings. The minimum atomic E-state index is -0.581. The summed E-state index contributed by atoms with van der Waals surface area (Å²) < 4.78 is 5.03. The fraction of sp³-hybridized carbons (Fsp3) is 0.172. The van der Waals surface area contributed by atoms with Gasteiger partial charge in [0.25, 0.3) is 5.91 Å². The smallest absolute Gasteiger partial charge is 0.338 e. The van der Waals surface area contributed by atoms with Crippen LogP contribution in [0.1, 0.15) is 28.4 Å². The zero-order chi connectivity index (χ0) is 26.4. The zero-order valence-electron chi connectivity index (χ0n) is 20.4. The molecule has 0 radical (unpaired) electrons. The summed E-state index contributed by atoms with van der Waals surface area (Å²) in [6.45, 7) is 3.91. The Morgan fingerprint density at radius 2 is 1.70 bits per heavy atom.